The first-order chi connectivity index (χ1) is 12.7. The third-order valence-electron chi connectivity index (χ3n) is 3.66. The van der Waals surface area contributed by atoms with Crippen molar-refractivity contribution in [3.63, 3.8) is 0 Å². The van der Waals surface area contributed by atoms with E-state index in [9.17, 15) is 14.4 Å². The number of anilines is 1. The number of thioether (sulfide) groups is 1. The molecule has 0 fully saturated rings. The van der Waals surface area contributed by atoms with Crippen LogP contribution >= 0.6 is 11.8 Å². The molecule has 0 saturated carbocycles. The van der Waals surface area contributed by atoms with E-state index in [4.69, 9.17) is 4.74 Å². The maximum Gasteiger partial charge on any atom is 0.341 e. The molecule has 0 aliphatic rings. The standard InChI is InChI=1S/C20H22N2O4S/c1-20(2,3)19(25)22-14-9-7-13(8-10-14)16(23)12-26-18(24)15-6-5-11-21-17(15)27-4/h5-11H,12H2,1-4H3,(H,22,25). The summed E-state index contributed by atoms with van der Waals surface area (Å²) in [6, 6.07) is 9.72. The van der Waals surface area contributed by atoms with Crippen molar-refractivity contribution < 1.29 is 19.1 Å². The zero-order valence-electron chi connectivity index (χ0n) is 15.7. The Labute approximate surface area is 162 Å². The van der Waals surface area contributed by atoms with E-state index in [1.54, 1.807) is 42.6 Å². The average Bonchev–Trinajstić information content (AvgIpc) is 2.65. The molecule has 2 rings (SSSR count). The number of hydrogen-bond acceptors (Lipinski definition) is 6. The normalized spacial score (nSPS) is 11.0. The molecular formula is C20H22N2O4S. The number of nitrogens with one attached hydrogen (secondary N) is 1. The smallest absolute Gasteiger partial charge is 0.341 e. The Morgan fingerprint density at radius 3 is 2.37 bits per heavy atom. The number of rotatable bonds is 6. The van der Waals surface area contributed by atoms with Crippen LogP contribution in [0, 0.1) is 5.41 Å². The fourth-order valence-electron chi connectivity index (χ4n) is 2.06. The van der Waals surface area contributed by atoms with Crippen LogP contribution in [0.1, 0.15) is 41.5 Å². The number of carbonyl (C=O) groups excluding carboxylic acids is 3. The van der Waals surface area contributed by atoms with E-state index in [2.05, 4.69) is 10.3 Å². The lowest BCUT2D eigenvalue weighted by Gasteiger charge is -2.17. The molecule has 0 bridgehead atoms. The fraction of sp³-hybridized carbons (Fsp3) is 0.300. The summed E-state index contributed by atoms with van der Waals surface area (Å²) in [7, 11) is 0. The number of Topliss-reactive ketones (excluding diaryl/α,β-unsaturated/α-hetero) is 1. The first kappa shape index (κ1) is 20.6. The molecule has 142 valence electrons. The van der Waals surface area contributed by atoms with Gasteiger partial charge in [-0.1, -0.05) is 20.8 Å². The Hall–Kier alpha value is -2.67. The number of amides is 1. The number of carbonyl (C=O) groups is 3. The minimum absolute atomic E-state index is 0.114. The van der Waals surface area contributed by atoms with E-state index in [0.29, 0.717) is 21.8 Å². The van der Waals surface area contributed by atoms with Crippen molar-refractivity contribution in [2.75, 3.05) is 18.2 Å². The van der Waals surface area contributed by atoms with Gasteiger partial charge in [-0.15, -0.1) is 11.8 Å². The molecule has 0 radical (unpaired) electrons. The van der Waals surface area contributed by atoms with Gasteiger partial charge in [-0.25, -0.2) is 9.78 Å². The molecule has 0 aliphatic carbocycles. The maximum atomic E-state index is 12.2. The molecule has 2 aromatic rings. The molecule has 1 N–H and O–H groups in total. The SMILES string of the molecule is CSc1ncccc1C(=O)OCC(=O)c1ccc(NC(=O)C(C)(C)C)cc1. The monoisotopic (exact) mass is 386 g/mol. The Bertz CT molecular complexity index is 842. The van der Waals surface area contributed by atoms with Crippen molar-refractivity contribution in [3.05, 3.63) is 53.7 Å². The van der Waals surface area contributed by atoms with Crippen LogP contribution in [0.4, 0.5) is 5.69 Å². The predicted molar refractivity (Wildman–Crippen MR) is 105 cm³/mol. The van der Waals surface area contributed by atoms with Crippen molar-refractivity contribution in [1.29, 1.82) is 0 Å². The number of nitrogens with zero attached hydrogens (tertiary/aromatic N) is 1. The topological polar surface area (TPSA) is 85.4 Å². The van der Waals surface area contributed by atoms with Crippen molar-refractivity contribution in [3.8, 4) is 0 Å². The minimum atomic E-state index is -0.588. The highest BCUT2D eigenvalue weighted by atomic mass is 32.2. The lowest BCUT2D eigenvalue weighted by Crippen LogP contribution is -2.27. The van der Waals surface area contributed by atoms with Gasteiger partial charge in [0.15, 0.2) is 12.4 Å². The quantitative estimate of drug-likeness (QED) is 0.461. The van der Waals surface area contributed by atoms with Crippen molar-refractivity contribution >= 4 is 35.1 Å². The molecule has 6 nitrogen and oxygen atoms in total. The Kier molecular flexibility index (Phi) is 6.74. The zero-order chi connectivity index (χ0) is 20.0. The van der Waals surface area contributed by atoms with Gasteiger partial charge in [0.2, 0.25) is 5.91 Å². The summed E-state index contributed by atoms with van der Waals surface area (Å²) in [6.07, 6.45) is 3.40. The molecule has 1 aromatic heterocycles. The van der Waals surface area contributed by atoms with Gasteiger partial charge in [-0.05, 0) is 42.7 Å². The number of hydrogen-bond donors (Lipinski definition) is 1. The highest BCUT2D eigenvalue weighted by molar-refractivity contribution is 7.98. The summed E-state index contributed by atoms with van der Waals surface area (Å²) in [6.45, 7) is 5.09. The van der Waals surface area contributed by atoms with Crippen LogP contribution in [0.25, 0.3) is 0 Å². The minimum Gasteiger partial charge on any atom is -0.454 e. The van der Waals surface area contributed by atoms with Crippen molar-refractivity contribution in [2.45, 2.75) is 25.8 Å². The first-order valence-corrected chi connectivity index (χ1v) is 9.55. The molecule has 1 aromatic carbocycles. The van der Waals surface area contributed by atoms with Gasteiger partial charge in [0.25, 0.3) is 0 Å². The lowest BCUT2D eigenvalue weighted by atomic mass is 9.95. The highest BCUT2D eigenvalue weighted by Crippen LogP contribution is 2.19. The van der Waals surface area contributed by atoms with Crippen LogP contribution in [0.5, 0.6) is 0 Å². The highest BCUT2D eigenvalue weighted by Gasteiger charge is 2.21. The van der Waals surface area contributed by atoms with E-state index >= 15 is 0 Å². The van der Waals surface area contributed by atoms with Crippen LogP contribution in [-0.4, -0.2) is 35.5 Å². The van der Waals surface area contributed by atoms with Gasteiger partial charge in [-0.2, -0.15) is 0 Å². The summed E-state index contributed by atoms with van der Waals surface area (Å²) in [4.78, 5) is 40.5. The van der Waals surface area contributed by atoms with Crippen LogP contribution in [-0.2, 0) is 9.53 Å². The van der Waals surface area contributed by atoms with Crippen molar-refractivity contribution in [2.24, 2.45) is 5.41 Å². The maximum absolute atomic E-state index is 12.2. The van der Waals surface area contributed by atoms with Gasteiger partial charge in [0, 0.05) is 22.9 Å². The second-order valence-corrected chi connectivity index (χ2v) is 7.64. The van der Waals surface area contributed by atoms with Crippen LogP contribution in [0.3, 0.4) is 0 Å². The summed E-state index contributed by atoms with van der Waals surface area (Å²) in [5.74, 6) is -1.03. The largest absolute Gasteiger partial charge is 0.454 e. The number of ether oxygens (including phenoxy) is 1. The van der Waals surface area contributed by atoms with Crippen LogP contribution < -0.4 is 5.32 Å². The van der Waals surface area contributed by atoms with Gasteiger partial charge in [0.05, 0.1) is 5.56 Å². The van der Waals surface area contributed by atoms with E-state index in [-0.39, 0.29) is 18.3 Å². The molecule has 0 unspecified atom stereocenters. The molecule has 0 spiro atoms. The number of aromatic nitrogens is 1. The molecule has 7 heteroatoms. The fourth-order valence-corrected chi connectivity index (χ4v) is 2.60. The predicted octanol–water partition coefficient (Wildman–Crippen LogP) is 3.83. The third kappa shape index (κ3) is 5.65. The zero-order valence-corrected chi connectivity index (χ0v) is 16.6. The molecule has 1 heterocycles. The summed E-state index contributed by atoms with van der Waals surface area (Å²) < 4.78 is 5.11. The number of esters is 1. The Balaban J connectivity index is 1.96. The summed E-state index contributed by atoms with van der Waals surface area (Å²) >= 11 is 1.33. The van der Waals surface area contributed by atoms with E-state index in [1.807, 2.05) is 27.0 Å². The van der Waals surface area contributed by atoms with Gasteiger partial charge < -0.3 is 10.1 Å². The molecule has 1 amide bonds. The molecule has 0 saturated heterocycles. The van der Waals surface area contributed by atoms with Crippen LogP contribution in [0.2, 0.25) is 0 Å². The van der Waals surface area contributed by atoms with Gasteiger partial charge in [0.1, 0.15) is 5.03 Å². The summed E-state index contributed by atoms with van der Waals surface area (Å²) in [5.41, 5.74) is 0.819. The summed E-state index contributed by atoms with van der Waals surface area (Å²) in [5, 5.41) is 3.34. The number of pyridine rings is 1. The first-order valence-electron chi connectivity index (χ1n) is 8.33. The van der Waals surface area contributed by atoms with Crippen LogP contribution in [0.15, 0.2) is 47.6 Å². The second kappa shape index (κ2) is 8.81. The lowest BCUT2D eigenvalue weighted by molar-refractivity contribution is -0.123. The van der Waals surface area contributed by atoms with Crippen molar-refractivity contribution in [1.82, 2.24) is 4.98 Å². The third-order valence-corrected chi connectivity index (χ3v) is 4.38. The average molecular weight is 386 g/mol. The number of ketones is 1. The van der Waals surface area contributed by atoms with E-state index in [0.717, 1.165) is 0 Å². The molecule has 27 heavy (non-hydrogen) atoms. The van der Waals surface area contributed by atoms with Gasteiger partial charge >= 0.3 is 5.97 Å². The van der Waals surface area contributed by atoms with E-state index < -0.39 is 11.4 Å². The van der Waals surface area contributed by atoms with Gasteiger partial charge in [-0.3, -0.25) is 9.59 Å². The Morgan fingerprint density at radius 2 is 1.78 bits per heavy atom. The number of benzene rings is 1. The second-order valence-electron chi connectivity index (χ2n) is 6.84. The molecular weight excluding hydrogens is 364 g/mol. The molecule has 0 atom stereocenters. The van der Waals surface area contributed by atoms with E-state index in [1.165, 1.54) is 11.8 Å². The Morgan fingerprint density at radius 1 is 1.11 bits per heavy atom. The molecule has 0 aliphatic heterocycles.